The van der Waals surface area contributed by atoms with Crippen molar-refractivity contribution in [3.8, 4) is 28.4 Å². The summed E-state index contributed by atoms with van der Waals surface area (Å²) in [6, 6.07) is 9.16. The van der Waals surface area contributed by atoms with Crippen molar-refractivity contribution in [3.63, 3.8) is 0 Å². The molecule has 0 saturated heterocycles. The van der Waals surface area contributed by atoms with Crippen LogP contribution < -0.4 is 14.2 Å². The van der Waals surface area contributed by atoms with E-state index in [9.17, 15) is 9.59 Å². The van der Waals surface area contributed by atoms with Crippen LogP contribution >= 0.6 is 11.8 Å². The van der Waals surface area contributed by atoms with Gasteiger partial charge in [-0.3, -0.25) is 4.79 Å². The van der Waals surface area contributed by atoms with Gasteiger partial charge in [0.2, 0.25) is 5.75 Å². The van der Waals surface area contributed by atoms with Crippen molar-refractivity contribution < 1.29 is 33.3 Å². The van der Waals surface area contributed by atoms with E-state index in [0.29, 0.717) is 35.0 Å². The molecule has 0 saturated carbocycles. The highest BCUT2D eigenvalue weighted by atomic mass is 32.2. The topological polar surface area (TPSA) is 80.3 Å². The first-order valence-corrected chi connectivity index (χ1v) is 11.6. The van der Waals surface area contributed by atoms with E-state index in [0.717, 1.165) is 16.7 Å². The summed E-state index contributed by atoms with van der Waals surface area (Å²) in [5.74, 6) is 1.52. The third-order valence-electron chi connectivity index (χ3n) is 4.96. The molecular formula is C24H28O7S. The van der Waals surface area contributed by atoms with E-state index >= 15 is 0 Å². The van der Waals surface area contributed by atoms with Gasteiger partial charge in [-0.1, -0.05) is 6.07 Å². The molecular weight excluding hydrogens is 432 g/mol. The number of cyclic esters (lactones) is 1. The van der Waals surface area contributed by atoms with Gasteiger partial charge in [-0.05, 0) is 49.9 Å². The Hall–Kier alpha value is -2.87. The standard InChI is InChI=1S/C24H28O7S/c1-24(2,31-20(25)10-11-32-5)14-30-21-17(8-9-19(27-3)22(21)28-4)15-6-7-18-16(12-15)13-29-23(18)26/h6-9,12H,10-11,13-14H2,1-5H3. The highest BCUT2D eigenvalue weighted by Crippen LogP contribution is 2.45. The molecule has 1 heterocycles. The van der Waals surface area contributed by atoms with E-state index in [2.05, 4.69) is 0 Å². The monoisotopic (exact) mass is 460 g/mol. The number of thioether (sulfide) groups is 1. The number of methoxy groups -OCH3 is 2. The molecule has 1 aliphatic heterocycles. The first-order chi connectivity index (χ1) is 15.3. The lowest BCUT2D eigenvalue weighted by Crippen LogP contribution is -2.35. The predicted molar refractivity (Wildman–Crippen MR) is 123 cm³/mol. The van der Waals surface area contributed by atoms with Crippen molar-refractivity contribution >= 4 is 23.7 Å². The molecule has 0 atom stereocenters. The van der Waals surface area contributed by atoms with Gasteiger partial charge in [0.15, 0.2) is 11.5 Å². The average Bonchev–Trinajstić information content (AvgIpc) is 3.15. The minimum atomic E-state index is -0.848. The van der Waals surface area contributed by atoms with E-state index in [4.69, 9.17) is 23.7 Å². The van der Waals surface area contributed by atoms with Crippen molar-refractivity contribution in [1.82, 2.24) is 0 Å². The minimum absolute atomic E-state index is 0.112. The second-order valence-electron chi connectivity index (χ2n) is 7.89. The van der Waals surface area contributed by atoms with Crippen molar-refractivity contribution in [2.75, 3.05) is 32.8 Å². The zero-order valence-electron chi connectivity index (χ0n) is 19.0. The summed E-state index contributed by atoms with van der Waals surface area (Å²) >= 11 is 1.59. The van der Waals surface area contributed by atoms with Crippen LogP contribution in [0.15, 0.2) is 30.3 Å². The van der Waals surface area contributed by atoms with Gasteiger partial charge < -0.3 is 23.7 Å². The smallest absolute Gasteiger partial charge is 0.338 e. The Morgan fingerprint density at radius 1 is 1.09 bits per heavy atom. The number of hydrogen-bond acceptors (Lipinski definition) is 8. The predicted octanol–water partition coefficient (Wildman–Crippen LogP) is 4.49. The molecule has 2 aromatic rings. The third kappa shape index (κ3) is 5.30. The molecule has 1 aliphatic rings. The fraction of sp³-hybridized carbons (Fsp3) is 0.417. The Bertz CT molecular complexity index is 1000. The fourth-order valence-corrected chi connectivity index (χ4v) is 3.76. The van der Waals surface area contributed by atoms with Crippen LogP contribution in [0, 0.1) is 0 Å². The molecule has 3 rings (SSSR count). The maximum absolute atomic E-state index is 12.1. The molecule has 7 nitrogen and oxygen atoms in total. The van der Waals surface area contributed by atoms with Gasteiger partial charge in [0, 0.05) is 16.9 Å². The van der Waals surface area contributed by atoms with Gasteiger partial charge in [0.05, 0.1) is 26.2 Å². The molecule has 2 aromatic carbocycles. The van der Waals surface area contributed by atoms with Gasteiger partial charge in [0.25, 0.3) is 0 Å². The van der Waals surface area contributed by atoms with Gasteiger partial charge in [-0.15, -0.1) is 0 Å². The van der Waals surface area contributed by atoms with Gasteiger partial charge >= 0.3 is 11.9 Å². The molecule has 172 valence electrons. The fourth-order valence-electron chi connectivity index (χ4n) is 3.39. The lowest BCUT2D eigenvalue weighted by molar-refractivity contribution is -0.158. The number of benzene rings is 2. The number of carbonyl (C=O) groups excluding carboxylic acids is 2. The molecule has 0 N–H and O–H groups in total. The van der Waals surface area contributed by atoms with Crippen LogP contribution in [-0.2, 0) is 20.9 Å². The first-order valence-electron chi connectivity index (χ1n) is 10.2. The molecule has 0 bridgehead atoms. The maximum atomic E-state index is 12.1. The van der Waals surface area contributed by atoms with Crippen molar-refractivity contribution in [2.24, 2.45) is 0 Å². The Morgan fingerprint density at radius 3 is 2.53 bits per heavy atom. The summed E-state index contributed by atoms with van der Waals surface area (Å²) in [6.45, 7) is 3.95. The van der Waals surface area contributed by atoms with E-state index in [1.807, 2.05) is 24.5 Å². The number of carbonyl (C=O) groups is 2. The van der Waals surface area contributed by atoms with E-state index < -0.39 is 5.60 Å². The first kappa shape index (κ1) is 23.8. The van der Waals surface area contributed by atoms with Crippen LogP contribution in [0.25, 0.3) is 11.1 Å². The largest absolute Gasteiger partial charge is 0.493 e. The summed E-state index contributed by atoms with van der Waals surface area (Å²) in [4.78, 5) is 23.9. The quantitative estimate of drug-likeness (QED) is 0.480. The zero-order chi connectivity index (χ0) is 23.3. The van der Waals surface area contributed by atoms with Crippen LogP contribution in [0.5, 0.6) is 17.2 Å². The number of fused-ring (bicyclic) bond motifs is 1. The van der Waals surface area contributed by atoms with Crippen LogP contribution in [0.1, 0.15) is 36.2 Å². The Morgan fingerprint density at radius 2 is 1.84 bits per heavy atom. The lowest BCUT2D eigenvalue weighted by Gasteiger charge is -2.27. The molecule has 0 radical (unpaired) electrons. The second-order valence-corrected chi connectivity index (χ2v) is 8.88. The van der Waals surface area contributed by atoms with Gasteiger partial charge in [-0.25, -0.2) is 4.79 Å². The second kappa shape index (κ2) is 10.2. The minimum Gasteiger partial charge on any atom is -0.493 e. The summed E-state index contributed by atoms with van der Waals surface area (Å²) in [5, 5.41) is 0. The molecule has 0 unspecified atom stereocenters. The molecule has 0 spiro atoms. The summed E-state index contributed by atoms with van der Waals surface area (Å²) in [5.41, 5.74) is 2.13. The Balaban J connectivity index is 1.92. The number of ether oxygens (including phenoxy) is 5. The van der Waals surface area contributed by atoms with E-state index in [1.165, 1.54) is 7.11 Å². The van der Waals surface area contributed by atoms with Crippen LogP contribution in [0.4, 0.5) is 0 Å². The highest BCUT2D eigenvalue weighted by molar-refractivity contribution is 7.98. The molecule has 0 amide bonds. The Labute approximate surface area is 192 Å². The number of hydrogen-bond donors (Lipinski definition) is 0. The lowest BCUT2D eigenvalue weighted by atomic mass is 9.99. The molecule has 0 aromatic heterocycles. The molecule has 32 heavy (non-hydrogen) atoms. The molecule has 0 fully saturated rings. The van der Waals surface area contributed by atoms with Crippen molar-refractivity contribution in [1.29, 1.82) is 0 Å². The normalized spacial score (nSPS) is 12.7. The average molecular weight is 461 g/mol. The van der Waals surface area contributed by atoms with Gasteiger partial charge in [0.1, 0.15) is 18.8 Å². The molecule has 8 heteroatoms. The molecule has 0 aliphatic carbocycles. The van der Waals surface area contributed by atoms with Crippen LogP contribution in [0.2, 0.25) is 0 Å². The third-order valence-corrected chi connectivity index (χ3v) is 5.57. The van der Waals surface area contributed by atoms with E-state index in [1.54, 1.807) is 44.9 Å². The number of esters is 2. The highest BCUT2D eigenvalue weighted by Gasteiger charge is 2.27. The zero-order valence-corrected chi connectivity index (χ0v) is 19.8. The van der Waals surface area contributed by atoms with Crippen LogP contribution in [0.3, 0.4) is 0 Å². The van der Waals surface area contributed by atoms with Crippen molar-refractivity contribution in [2.45, 2.75) is 32.5 Å². The van der Waals surface area contributed by atoms with E-state index in [-0.39, 0.29) is 25.2 Å². The maximum Gasteiger partial charge on any atom is 0.338 e. The SMILES string of the molecule is COc1ccc(-c2ccc3c(c2)COC3=O)c(OCC(C)(C)OC(=O)CCSC)c1OC. The van der Waals surface area contributed by atoms with Gasteiger partial charge in [-0.2, -0.15) is 11.8 Å². The summed E-state index contributed by atoms with van der Waals surface area (Å²) < 4.78 is 27.9. The van der Waals surface area contributed by atoms with Crippen molar-refractivity contribution in [3.05, 3.63) is 41.5 Å². The number of rotatable bonds is 10. The van der Waals surface area contributed by atoms with Crippen LogP contribution in [-0.4, -0.2) is 50.4 Å². The Kier molecular flexibility index (Phi) is 7.56. The summed E-state index contributed by atoms with van der Waals surface area (Å²) in [7, 11) is 3.09. The summed E-state index contributed by atoms with van der Waals surface area (Å²) in [6.07, 6.45) is 2.29.